The summed E-state index contributed by atoms with van der Waals surface area (Å²) in [6.45, 7) is 6.49. The van der Waals surface area contributed by atoms with Gasteiger partial charge in [-0.1, -0.05) is 13.0 Å². The SMILES string of the molecule is CCN(CCNCc1cn[nH]c1-c1cccs1)C1CC1. The van der Waals surface area contributed by atoms with E-state index in [1.807, 2.05) is 6.20 Å². The molecule has 1 fully saturated rings. The lowest BCUT2D eigenvalue weighted by Gasteiger charge is -2.19. The molecule has 1 aliphatic rings. The molecule has 0 spiro atoms. The highest BCUT2D eigenvalue weighted by molar-refractivity contribution is 7.13. The minimum Gasteiger partial charge on any atom is -0.311 e. The summed E-state index contributed by atoms with van der Waals surface area (Å²) in [6, 6.07) is 5.07. The standard InChI is InChI=1S/C15H22N4S/c1-2-19(13-5-6-13)8-7-16-10-12-11-17-18-15(12)14-4-3-9-20-14/h3-4,9,11,13,16H,2,5-8,10H2,1H3,(H,17,18). The van der Waals surface area contributed by atoms with Crippen LogP contribution in [0.15, 0.2) is 23.7 Å². The molecule has 0 saturated heterocycles. The number of hydrogen-bond donors (Lipinski definition) is 2. The highest BCUT2D eigenvalue weighted by atomic mass is 32.1. The van der Waals surface area contributed by atoms with E-state index < -0.39 is 0 Å². The van der Waals surface area contributed by atoms with Gasteiger partial charge in [-0.2, -0.15) is 5.10 Å². The molecule has 2 aromatic rings. The molecule has 1 aliphatic carbocycles. The first kappa shape index (κ1) is 13.8. The van der Waals surface area contributed by atoms with E-state index in [0.29, 0.717) is 0 Å². The van der Waals surface area contributed by atoms with Crippen molar-refractivity contribution in [2.45, 2.75) is 32.4 Å². The highest BCUT2D eigenvalue weighted by Gasteiger charge is 2.26. The molecular weight excluding hydrogens is 268 g/mol. The summed E-state index contributed by atoms with van der Waals surface area (Å²) in [6.07, 6.45) is 4.71. The minimum absolute atomic E-state index is 0.859. The molecule has 4 nitrogen and oxygen atoms in total. The predicted octanol–water partition coefficient (Wildman–Crippen LogP) is 2.71. The average Bonchev–Trinajstić information content (AvgIpc) is 2.98. The van der Waals surface area contributed by atoms with Crippen molar-refractivity contribution < 1.29 is 0 Å². The Bertz CT molecular complexity index is 516. The Hall–Kier alpha value is -1.17. The molecular formula is C15H22N4S. The number of thiophene rings is 1. The van der Waals surface area contributed by atoms with Crippen LogP contribution in [0, 0.1) is 0 Å². The first-order chi connectivity index (χ1) is 9.88. The third-order valence-electron chi connectivity index (χ3n) is 3.85. The number of aromatic nitrogens is 2. The van der Waals surface area contributed by atoms with Gasteiger partial charge in [-0.15, -0.1) is 11.3 Å². The maximum absolute atomic E-state index is 4.18. The molecule has 5 heteroatoms. The van der Waals surface area contributed by atoms with E-state index in [1.54, 1.807) is 11.3 Å². The van der Waals surface area contributed by atoms with Crippen molar-refractivity contribution in [1.82, 2.24) is 20.4 Å². The fourth-order valence-corrected chi connectivity index (χ4v) is 3.32. The van der Waals surface area contributed by atoms with E-state index in [2.05, 4.69) is 44.9 Å². The number of nitrogens with one attached hydrogen (secondary N) is 2. The van der Waals surface area contributed by atoms with Gasteiger partial charge >= 0.3 is 0 Å². The second-order valence-corrected chi connectivity index (χ2v) is 6.23. The lowest BCUT2D eigenvalue weighted by Crippen LogP contribution is -2.33. The highest BCUT2D eigenvalue weighted by Crippen LogP contribution is 2.26. The van der Waals surface area contributed by atoms with Crippen LogP contribution >= 0.6 is 11.3 Å². The zero-order valence-corrected chi connectivity index (χ0v) is 12.7. The number of hydrogen-bond acceptors (Lipinski definition) is 4. The summed E-state index contributed by atoms with van der Waals surface area (Å²) < 4.78 is 0. The van der Waals surface area contributed by atoms with Gasteiger partial charge in [-0.25, -0.2) is 0 Å². The maximum Gasteiger partial charge on any atom is 0.0794 e. The van der Waals surface area contributed by atoms with Gasteiger partial charge in [0.25, 0.3) is 0 Å². The Balaban J connectivity index is 1.48. The van der Waals surface area contributed by atoms with Gasteiger partial charge in [0.05, 0.1) is 16.8 Å². The van der Waals surface area contributed by atoms with Crippen LogP contribution in [0.5, 0.6) is 0 Å². The Morgan fingerprint density at radius 1 is 1.50 bits per heavy atom. The molecule has 0 bridgehead atoms. The Morgan fingerprint density at radius 3 is 3.10 bits per heavy atom. The summed E-state index contributed by atoms with van der Waals surface area (Å²) in [5, 5.41) is 12.9. The minimum atomic E-state index is 0.859. The van der Waals surface area contributed by atoms with Crippen molar-refractivity contribution >= 4 is 11.3 Å². The van der Waals surface area contributed by atoms with Crippen molar-refractivity contribution in [2.24, 2.45) is 0 Å². The number of likely N-dealkylation sites (N-methyl/N-ethyl adjacent to an activating group) is 1. The largest absolute Gasteiger partial charge is 0.311 e. The van der Waals surface area contributed by atoms with Crippen molar-refractivity contribution in [2.75, 3.05) is 19.6 Å². The number of H-pyrrole nitrogens is 1. The topological polar surface area (TPSA) is 44.0 Å². The van der Waals surface area contributed by atoms with Crippen molar-refractivity contribution in [1.29, 1.82) is 0 Å². The van der Waals surface area contributed by atoms with Crippen LogP contribution in [0.4, 0.5) is 0 Å². The quantitative estimate of drug-likeness (QED) is 0.735. The lowest BCUT2D eigenvalue weighted by molar-refractivity contribution is 0.277. The Kier molecular flexibility index (Phi) is 4.50. The number of aromatic amines is 1. The molecule has 0 atom stereocenters. The maximum atomic E-state index is 4.18. The van der Waals surface area contributed by atoms with Crippen LogP contribution < -0.4 is 5.32 Å². The zero-order valence-electron chi connectivity index (χ0n) is 11.9. The molecule has 0 amide bonds. The van der Waals surface area contributed by atoms with Crippen molar-refractivity contribution in [3.63, 3.8) is 0 Å². The van der Waals surface area contributed by atoms with E-state index in [-0.39, 0.29) is 0 Å². The Labute approximate surface area is 124 Å². The van der Waals surface area contributed by atoms with Gasteiger partial charge in [0.15, 0.2) is 0 Å². The Morgan fingerprint density at radius 2 is 2.40 bits per heavy atom. The number of rotatable bonds is 8. The van der Waals surface area contributed by atoms with E-state index in [0.717, 1.165) is 31.4 Å². The van der Waals surface area contributed by atoms with Gasteiger partial charge < -0.3 is 5.32 Å². The van der Waals surface area contributed by atoms with Crippen LogP contribution in [0.25, 0.3) is 10.6 Å². The van der Waals surface area contributed by atoms with Crippen LogP contribution in [0.2, 0.25) is 0 Å². The molecule has 0 aliphatic heterocycles. The normalized spacial score (nSPS) is 15.1. The van der Waals surface area contributed by atoms with E-state index in [9.17, 15) is 0 Å². The summed E-state index contributed by atoms with van der Waals surface area (Å²) in [7, 11) is 0. The van der Waals surface area contributed by atoms with Crippen LogP contribution in [0.1, 0.15) is 25.3 Å². The third-order valence-corrected chi connectivity index (χ3v) is 4.73. The average molecular weight is 290 g/mol. The van der Waals surface area contributed by atoms with E-state index in [1.165, 1.54) is 29.8 Å². The molecule has 108 valence electrons. The van der Waals surface area contributed by atoms with Crippen LogP contribution in [-0.4, -0.2) is 40.8 Å². The molecule has 0 aromatic carbocycles. The van der Waals surface area contributed by atoms with Gasteiger partial charge in [0.1, 0.15) is 0 Å². The van der Waals surface area contributed by atoms with Crippen LogP contribution in [-0.2, 0) is 6.54 Å². The first-order valence-electron chi connectivity index (χ1n) is 7.39. The molecule has 2 heterocycles. The molecule has 3 rings (SSSR count). The predicted molar refractivity (Wildman–Crippen MR) is 83.9 cm³/mol. The number of nitrogens with zero attached hydrogens (tertiary/aromatic N) is 2. The molecule has 20 heavy (non-hydrogen) atoms. The van der Waals surface area contributed by atoms with E-state index in [4.69, 9.17) is 0 Å². The van der Waals surface area contributed by atoms with Gasteiger partial charge in [0.2, 0.25) is 0 Å². The molecule has 2 aromatic heterocycles. The van der Waals surface area contributed by atoms with Gasteiger partial charge in [-0.05, 0) is 30.8 Å². The monoisotopic (exact) mass is 290 g/mol. The van der Waals surface area contributed by atoms with Crippen molar-refractivity contribution in [3.8, 4) is 10.6 Å². The fraction of sp³-hybridized carbons (Fsp3) is 0.533. The third kappa shape index (κ3) is 3.29. The summed E-state index contributed by atoms with van der Waals surface area (Å²) in [5.74, 6) is 0. The second kappa shape index (κ2) is 6.52. The summed E-state index contributed by atoms with van der Waals surface area (Å²) in [5.41, 5.74) is 2.41. The summed E-state index contributed by atoms with van der Waals surface area (Å²) >= 11 is 1.75. The molecule has 2 N–H and O–H groups in total. The fourth-order valence-electron chi connectivity index (χ4n) is 2.56. The zero-order chi connectivity index (χ0) is 13.8. The van der Waals surface area contributed by atoms with Gasteiger partial charge in [-0.3, -0.25) is 10.00 Å². The molecule has 1 saturated carbocycles. The van der Waals surface area contributed by atoms with Gasteiger partial charge in [0, 0.05) is 31.2 Å². The second-order valence-electron chi connectivity index (χ2n) is 5.28. The van der Waals surface area contributed by atoms with Crippen molar-refractivity contribution in [3.05, 3.63) is 29.3 Å². The molecule has 0 radical (unpaired) electrons. The lowest BCUT2D eigenvalue weighted by atomic mass is 10.2. The smallest absolute Gasteiger partial charge is 0.0794 e. The van der Waals surface area contributed by atoms with Crippen LogP contribution in [0.3, 0.4) is 0 Å². The first-order valence-corrected chi connectivity index (χ1v) is 8.27. The summed E-state index contributed by atoms with van der Waals surface area (Å²) in [4.78, 5) is 3.83. The van der Waals surface area contributed by atoms with E-state index >= 15 is 0 Å². The molecule has 0 unspecified atom stereocenters.